The Labute approximate surface area is 217 Å². The first-order valence-electron chi connectivity index (χ1n) is 12.4. The first-order chi connectivity index (χ1) is 17.7. The molecule has 1 aromatic heterocycles. The summed E-state index contributed by atoms with van der Waals surface area (Å²) in [4.78, 5) is 39.1. The maximum Gasteiger partial charge on any atom is 0.410 e. The number of hydrogen-bond donors (Lipinski definition) is 1. The van der Waals surface area contributed by atoms with E-state index in [-0.39, 0.29) is 18.3 Å². The summed E-state index contributed by atoms with van der Waals surface area (Å²) in [6.07, 6.45) is -0.350. The Hall–Kier alpha value is -4.14. The van der Waals surface area contributed by atoms with Gasteiger partial charge in [-0.3, -0.25) is 0 Å². The van der Waals surface area contributed by atoms with Crippen molar-refractivity contribution in [2.45, 2.75) is 33.3 Å². The van der Waals surface area contributed by atoms with Crippen LogP contribution in [0.4, 0.5) is 22.1 Å². The molecule has 1 fully saturated rings. The van der Waals surface area contributed by atoms with Crippen molar-refractivity contribution in [3.63, 3.8) is 0 Å². The Balaban J connectivity index is 1.73. The number of ether oxygens (including phenoxy) is 2. The van der Waals surface area contributed by atoms with E-state index < -0.39 is 11.6 Å². The Morgan fingerprint density at radius 2 is 1.54 bits per heavy atom. The number of nitrogens with one attached hydrogen (secondary N) is 1. The molecule has 9 heteroatoms. The van der Waals surface area contributed by atoms with Gasteiger partial charge in [0.05, 0.1) is 6.61 Å². The molecule has 1 aliphatic heterocycles. The van der Waals surface area contributed by atoms with Crippen LogP contribution in [0.2, 0.25) is 0 Å². The number of aromatic nitrogens is 2. The fourth-order valence-corrected chi connectivity index (χ4v) is 3.96. The minimum absolute atomic E-state index is 0.218. The summed E-state index contributed by atoms with van der Waals surface area (Å²) in [5.74, 6) is 0.805. The standard InChI is InChI=1S/C28H33N5O4/c1-5-36-26(34)22-24(29-21-14-10-7-11-15-21)30-23(20-12-8-6-9-13-20)31-25(22)32-16-18-33(19-17-32)27(35)37-28(2,3)4/h6-15H,5,16-19H2,1-4H3,(H,29,30,31). The Bertz CT molecular complexity index is 1220. The second kappa shape index (κ2) is 11.3. The molecule has 1 aliphatic rings. The molecule has 37 heavy (non-hydrogen) atoms. The zero-order valence-corrected chi connectivity index (χ0v) is 21.7. The molecule has 2 heterocycles. The molecule has 3 aromatic rings. The van der Waals surface area contributed by atoms with Crippen molar-refractivity contribution >= 4 is 29.4 Å². The highest BCUT2D eigenvalue weighted by atomic mass is 16.6. The van der Waals surface area contributed by atoms with Gasteiger partial charge < -0.3 is 24.6 Å². The van der Waals surface area contributed by atoms with Gasteiger partial charge in [-0.05, 0) is 39.8 Å². The predicted molar refractivity (Wildman–Crippen MR) is 143 cm³/mol. The summed E-state index contributed by atoms with van der Waals surface area (Å²) in [6.45, 7) is 9.34. The smallest absolute Gasteiger partial charge is 0.410 e. The molecule has 0 unspecified atom stereocenters. The number of benzene rings is 2. The molecule has 0 bridgehead atoms. The summed E-state index contributed by atoms with van der Waals surface area (Å²) in [5.41, 5.74) is 1.30. The summed E-state index contributed by atoms with van der Waals surface area (Å²) in [7, 11) is 0. The predicted octanol–water partition coefficient (Wildman–Crippen LogP) is 5.12. The molecule has 0 spiro atoms. The SMILES string of the molecule is CCOC(=O)c1c(Nc2ccccc2)nc(-c2ccccc2)nc1N1CCN(C(=O)OC(C)(C)C)CC1. The van der Waals surface area contributed by atoms with E-state index in [1.165, 1.54) is 0 Å². The highest BCUT2D eigenvalue weighted by Crippen LogP contribution is 2.32. The van der Waals surface area contributed by atoms with Crippen molar-refractivity contribution in [3.05, 3.63) is 66.2 Å². The fraction of sp³-hybridized carbons (Fsp3) is 0.357. The normalized spacial score (nSPS) is 13.7. The van der Waals surface area contributed by atoms with Crippen molar-refractivity contribution in [3.8, 4) is 11.4 Å². The molecule has 9 nitrogen and oxygen atoms in total. The topological polar surface area (TPSA) is 96.9 Å². The summed E-state index contributed by atoms with van der Waals surface area (Å²) in [6, 6.07) is 19.1. The highest BCUT2D eigenvalue weighted by Gasteiger charge is 2.31. The van der Waals surface area contributed by atoms with Crippen LogP contribution in [-0.4, -0.2) is 65.3 Å². The van der Waals surface area contributed by atoms with E-state index in [1.807, 2.05) is 86.3 Å². The molecule has 0 radical (unpaired) electrons. The zero-order valence-electron chi connectivity index (χ0n) is 21.7. The van der Waals surface area contributed by atoms with E-state index in [1.54, 1.807) is 11.8 Å². The van der Waals surface area contributed by atoms with Crippen LogP contribution < -0.4 is 10.2 Å². The Kier molecular flexibility index (Phi) is 7.91. The van der Waals surface area contributed by atoms with Gasteiger partial charge in [-0.2, -0.15) is 0 Å². The second-order valence-electron chi connectivity index (χ2n) is 9.63. The van der Waals surface area contributed by atoms with Crippen molar-refractivity contribution in [2.75, 3.05) is 43.0 Å². The van der Waals surface area contributed by atoms with Gasteiger partial charge in [0.1, 0.15) is 17.0 Å². The highest BCUT2D eigenvalue weighted by molar-refractivity contribution is 6.01. The van der Waals surface area contributed by atoms with Crippen molar-refractivity contribution in [1.82, 2.24) is 14.9 Å². The van der Waals surface area contributed by atoms with Crippen LogP contribution in [0.5, 0.6) is 0 Å². The van der Waals surface area contributed by atoms with Gasteiger partial charge in [0.2, 0.25) is 0 Å². The van der Waals surface area contributed by atoms with E-state index in [2.05, 4.69) is 5.32 Å². The number of esters is 1. The van der Waals surface area contributed by atoms with Crippen LogP contribution in [-0.2, 0) is 9.47 Å². The van der Waals surface area contributed by atoms with E-state index in [4.69, 9.17) is 19.4 Å². The number of anilines is 3. The van der Waals surface area contributed by atoms with Gasteiger partial charge in [0.15, 0.2) is 11.6 Å². The lowest BCUT2D eigenvalue weighted by Crippen LogP contribution is -2.50. The third-order valence-corrected chi connectivity index (χ3v) is 5.67. The van der Waals surface area contributed by atoms with Gasteiger partial charge in [-0.15, -0.1) is 0 Å². The molecule has 0 aliphatic carbocycles. The lowest BCUT2D eigenvalue weighted by Gasteiger charge is -2.36. The quantitative estimate of drug-likeness (QED) is 0.463. The van der Waals surface area contributed by atoms with Crippen LogP contribution in [0.1, 0.15) is 38.1 Å². The number of hydrogen-bond acceptors (Lipinski definition) is 8. The Morgan fingerprint density at radius 1 is 0.919 bits per heavy atom. The minimum atomic E-state index is -0.569. The lowest BCUT2D eigenvalue weighted by molar-refractivity contribution is 0.0239. The molecule has 0 atom stereocenters. The van der Waals surface area contributed by atoms with Crippen LogP contribution in [0.25, 0.3) is 11.4 Å². The van der Waals surface area contributed by atoms with Crippen LogP contribution in [0, 0.1) is 0 Å². The largest absolute Gasteiger partial charge is 0.462 e. The van der Waals surface area contributed by atoms with Gasteiger partial charge in [-0.25, -0.2) is 19.6 Å². The zero-order chi connectivity index (χ0) is 26.4. The number of carbonyl (C=O) groups excluding carboxylic acids is 2. The molecule has 1 saturated heterocycles. The third-order valence-electron chi connectivity index (χ3n) is 5.67. The molecule has 2 aromatic carbocycles. The van der Waals surface area contributed by atoms with Gasteiger partial charge >= 0.3 is 12.1 Å². The monoisotopic (exact) mass is 503 g/mol. The van der Waals surface area contributed by atoms with Crippen LogP contribution in [0.15, 0.2) is 60.7 Å². The summed E-state index contributed by atoms with van der Waals surface area (Å²) >= 11 is 0. The van der Waals surface area contributed by atoms with E-state index in [9.17, 15) is 9.59 Å². The molecular weight excluding hydrogens is 470 g/mol. The molecule has 4 rings (SSSR count). The summed E-state index contributed by atoms with van der Waals surface area (Å²) < 4.78 is 11.0. The molecule has 1 amide bonds. The number of amides is 1. The van der Waals surface area contributed by atoms with E-state index in [0.29, 0.717) is 43.6 Å². The van der Waals surface area contributed by atoms with Gasteiger partial charge in [-0.1, -0.05) is 48.5 Å². The first kappa shape index (κ1) is 25.9. The second-order valence-corrected chi connectivity index (χ2v) is 9.63. The average molecular weight is 504 g/mol. The number of nitrogens with zero attached hydrogens (tertiary/aromatic N) is 4. The molecule has 1 N–H and O–H groups in total. The molecule has 194 valence electrons. The van der Waals surface area contributed by atoms with Crippen molar-refractivity contribution in [1.29, 1.82) is 0 Å². The van der Waals surface area contributed by atoms with Crippen molar-refractivity contribution in [2.24, 2.45) is 0 Å². The average Bonchev–Trinajstić information content (AvgIpc) is 2.88. The Morgan fingerprint density at radius 3 is 2.14 bits per heavy atom. The number of piperazine rings is 1. The number of para-hydroxylation sites is 1. The van der Waals surface area contributed by atoms with Crippen LogP contribution in [0.3, 0.4) is 0 Å². The van der Waals surface area contributed by atoms with E-state index in [0.717, 1.165) is 11.3 Å². The maximum atomic E-state index is 13.2. The summed E-state index contributed by atoms with van der Waals surface area (Å²) in [5, 5.41) is 3.29. The number of rotatable bonds is 6. The third kappa shape index (κ3) is 6.55. The molecule has 0 saturated carbocycles. The van der Waals surface area contributed by atoms with Crippen LogP contribution >= 0.6 is 0 Å². The fourth-order valence-electron chi connectivity index (χ4n) is 3.96. The van der Waals surface area contributed by atoms with Gasteiger partial charge in [0.25, 0.3) is 0 Å². The van der Waals surface area contributed by atoms with Gasteiger partial charge in [0, 0.05) is 37.4 Å². The maximum absolute atomic E-state index is 13.2. The molecular formula is C28H33N5O4. The minimum Gasteiger partial charge on any atom is -0.462 e. The number of carbonyl (C=O) groups is 2. The van der Waals surface area contributed by atoms with Crippen molar-refractivity contribution < 1.29 is 19.1 Å². The first-order valence-corrected chi connectivity index (χ1v) is 12.4. The lowest BCUT2D eigenvalue weighted by atomic mass is 10.1. The van der Waals surface area contributed by atoms with E-state index >= 15 is 0 Å².